The minimum absolute atomic E-state index is 0.101. The molecule has 0 saturated heterocycles. The number of thiazole rings is 1. The lowest BCUT2D eigenvalue weighted by Crippen LogP contribution is -2.37. The number of pyridine rings is 1. The molecule has 0 fully saturated rings. The molecule has 3 aromatic heterocycles. The Hall–Kier alpha value is -6.15. The number of fused-ring (bicyclic) bond motifs is 2. The summed E-state index contributed by atoms with van der Waals surface area (Å²) in [7, 11) is -1.35. The largest absolute Gasteiger partial charge is 0.489 e. The van der Waals surface area contributed by atoms with E-state index in [1.54, 1.807) is 11.1 Å². The van der Waals surface area contributed by atoms with Gasteiger partial charge in [0.15, 0.2) is 10.8 Å². The lowest BCUT2D eigenvalue weighted by atomic mass is 9.94. The van der Waals surface area contributed by atoms with E-state index >= 15 is 0 Å². The van der Waals surface area contributed by atoms with Crippen molar-refractivity contribution in [3.8, 4) is 16.9 Å². The molecule has 0 aliphatic carbocycles. The second kappa shape index (κ2) is 18.9. The summed E-state index contributed by atoms with van der Waals surface area (Å²) in [4.78, 5) is 42.6. The van der Waals surface area contributed by atoms with Crippen LogP contribution in [-0.4, -0.2) is 65.2 Å². The van der Waals surface area contributed by atoms with Gasteiger partial charge in [-0.15, -0.1) is 0 Å². The molecule has 1 aliphatic rings. The molecule has 0 spiro atoms. The standard InChI is InChI=1S/C51H56N6O5SSi/c1-35-41(30-52-57(35)31-38-18-11-13-22-44(38)61-33-36-16-9-8-10-17-36)39-24-25-46(54-47(39)49(59)62-51(2,3)4)55-27-26-37-19-15-20-40(42(37)32-55)48(58)56(34-60-28-29-64(5,6)7)50-53-43-21-12-14-23-45(43)63-50/h8-25,30H,26-29,31-34H2,1-7H3. The first-order chi connectivity index (χ1) is 30.7. The topological polar surface area (TPSA) is 112 Å². The number of benzene rings is 4. The molecule has 330 valence electrons. The van der Waals surface area contributed by atoms with Crippen LogP contribution in [0.1, 0.15) is 69.6 Å². The summed E-state index contributed by atoms with van der Waals surface area (Å²) in [5, 5.41) is 5.39. The Bertz CT molecular complexity index is 2740. The number of hydrogen-bond donors (Lipinski definition) is 0. The minimum Gasteiger partial charge on any atom is -0.489 e. The van der Waals surface area contributed by atoms with Gasteiger partial charge in [0.25, 0.3) is 5.91 Å². The van der Waals surface area contributed by atoms with E-state index < -0.39 is 19.6 Å². The highest BCUT2D eigenvalue weighted by atomic mass is 32.1. The molecule has 8 rings (SSSR count). The van der Waals surface area contributed by atoms with Gasteiger partial charge in [-0.25, -0.2) is 14.8 Å². The van der Waals surface area contributed by atoms with Gasteiger partial charge >= 0.3 is 5.97 Å². The fourth-order valence-electron chi connectivity index (χ4n) is 7.70. The molecule has 4 heterocycles. The smallest absolute Gasteiger partial charge is 0.358 e. The Labute approximate surface area is 380 Å². The van der Waals surface area contributed by atoms with E-state index in [0.717, 1.165) is 55.5 Å². The van der Waals surface area contributed by atoms with Crippen LogP contribution < -0.4 is 14.5 Å². The van der Waals surface area contributed by atoms with E-state index in [1.165, 1.54) is 11.3 Å². The number of esters is 1. The zero-order chi connectivity index (χ0) is 45.0. The Balaban J connectivity index is 1.08. The van der Waals surface area contributed by atoms with Crippen LogP contribution in [0.3, 0.4) is 0 Å². The first kappa shape index (κ1) is 44.5. The van der Waals surface area contributed by atoms with Crippen molar-refractivity contribution in [2.24, 2.45) is 0 Å². The first-order valence-electron chi connectivity index (χ1n) is 21.8. The highest BCUT2D eigenvalue weighted by Gasteiger charge is 2.30. The van der Waals surface area contributed by atoms with Crippen LogP contribution in [0.2, 0.25) is 25.7 Å². The van der Waals surface area contributed by atoms with Gasteiger partial charge < -0.3 is 19.1 Å². The number of para-hydroxylation sites is 2. The van der Waals surface area contributed by atoms with E-state index in [9.17, 15) is 9.59 Å². The van der Waals surface area contributed by atoms with Crippen molar-refractivity contribution in [1.82, 2.24) is 19.7 Å². The third kappa shape index (κ3) is 10.4. The predicted molar refractivity (Wildman–Crippen MR) is 258 cm³/mol. The van der Waals surface area contributed by atoms with Crippen molar-refractivity contribution in [2.45, 2.75) is 85.1 Å². The quantitative estimate of drug-likeness (QED) is 0.0430. The van der Waals surface area contributed by atoms with Crippen LogP contribution in [-0.2, 0) is 35.6 Å². The Morgan fingerprint density at radius 1 is 0.859 bits per heavy atom. The van der Waals surface area contributed by atoms with Gasteiger partial charge in [0.2, 0.25) is 0 Å². The van der Waals surface area contributed by atoms with Gasteiger partial charge in [0.05, 0.1) is 23.0 Å². The monoisotopic (exact) mass is 892 g/mol. The van der Waals surface area contributed by atoms with Gasteiger partial charge in [0, 0.05) is 55.7 Å². The average Bonchev–Trinajstić information content (AvgIpc) is 3.87. The molecular weight excluding hydrogens is 837 g/mol. The molecule has 0 saturated carbocycles. The predicted octanol–water partition coefficient (Wildman–Crippen LogP) is 11.0. The Morgan fingerprint density at radius 3 is 2.41 bits per heavy atom. The molecule has 13 heteroatoms. The van der Waals surface area contributed by atoms with Crippen LogP contribution in [0.15, 0.2) is 115 Å². The highest BCUT2D eigenvalue weighted by Crippen LogP contribution is 2.35. The van der Waals surface area contributed by atoms with Gasteiger partial charge in [-0.3, -0.25) is 14.4 Å². The first-order valence-corrected chi connectivity index (χ1v) is 26.4. The third-order valence-electron chi connectivity index (χ3n) is 11.2. The summed E-state index contributed by atoms with van der Waals surface area (Å²) < 4.78 is 21.4. The van der Waals surface area contributed by atoms with Gasteiger partial charge in [-0.05, 0) is 93.2 Å². The molecular formula is C51H56N6O5SSi. The van der Waals surface area contributed by atoms with E-state index in [-0.39, 0.29) is 18.3 Å². The highest BCUT2D eigenvalue weighted by molar-refractivity contribution is 7.22. The number of ether oxygens (including phenoxy) is 3. The number of aromatic nitrogens is 4. The summed E-state index contributed by atoms with van der Waals surface area (Å²) >= 11 is 1.49. The SMILES string of the molecule is Cc1c(-c2ccc(N3CCc4cccc(C(=O)N(COCC[Si](C)(C)C)c5nc6ccccc6s5)c4C3)nc2C(=O)OC(C)(C)C)cnn1Cc1ccccc1OCc1ccccc1. The molecule has 0 atom stereocenters. The second-order valence-electron chi connectivity index (χ2n) is 18.4. The van der Waals surface area contributed by atoms with E-state index in [2.05, 4.69) is 30.6 Å². The molecule has 7 aromatic rings. The summed E-state index contributed by atoms with van der Waals surface area (Å²) in [6.45, 7) is 17.2. The fourth-order valence-corrected chi connectivity index (χ4v) is 9.41. The zero-order valence-electron chi connectivity index (χ0n) is 37.8. The number of rotatable bonds is 15. The number of carbonyl (C=O) groups is 2. The van der Waals surface area contributed by atoms with Crippen molar-refractivity contribution in [1.29, 1.82) is 0 Å². The molecule has 0 unspecified atom stereocenters. The average molecular weight is 893 g/mol. The Morgan fingerprint density at radius 2 is 1.62 bits per heavy atom. The third-order valence-corrected chi connectivity index (χ3v) is 14.0. The van der Waals surface area contributed by atoms with Gasteiger partial charge in [0.1, 0.15) is 30.5 Å². The number of nitrogens with zero attached hydrogens (tertiary/aromatic N) is 6. The number of carbonyl (C=O) groups excluding carboxylic acids is 2. The molecule has 64 heavy (non-hydrogen) atoms. The molecule has 0 N–H and O–H groups in total. The molecule has 1 aliphatic heterocycles. The Kier molecular flexibility index (Phi) is 13.1. The summed E-state index contributed by atoms with van der Waals surface area (Å²) in [5.41, 5.74) is 7.26. The van der Waals surface area contributed by atoms with Crippen LogP contribution in [0.25, 0.3) is 21.3 Å². The summed E-state index contributed by atoms with van der Waals surface area (Å²) in [5.74, 6) is 0.711. The van der Waals surface area contributed by atoms with Crippen molar-refractivity contribution in [2.75, 3.05) is 29.7 Å². The van der Waals surface area contributed by atoms with Crippen LogP contribution in [0, 0.1) is 6.92 Å². The molecule has 11 nitrogen and oxygen atoms in total. The van der Waals surface area contributed by atoms with Crippen molar-refractivity contribution >= 4 is 52.5 Å². The van der Waals surface area contributed by atoms with E-state index in [0.29, 0.717) is 61.3 Å². The maximum Gasteiger partial charge on any atom is 0.358 e. The lowest BCUT2D eigenvalue weighted by molar-refractivity contribution is 0.00637. The number of anilines is 2. The summed E-state index contributed by atoms with van der Waals surface area (Å²) in [6, 6.07) is 36.8. The second-order valence-corrected chi connectivity index (χ2v) is 25.0. The van der Waals surface area contributed by atoms with Crippen molar-refractivity contribution < 1.29 is 23.8 Å². The maximum atomic E-state index is 14.8. The molecule has 0 radical (unpaired) electrons. The molecule has 1 amide bonds. The normalized spacial score (nSPS) is 12.9. The maximum absolute atomic E-state index is 14.8. The minimum atomic E-state index is -1.35. The molecule has 4 aromatic carbocycles. The van der Waals surface area contributed by atoms with E-state index in [4.69, 9.17) is 29.3 Å². The van der Waals surface area contributed by atoms with Gasteiger partial charge in [-0.1, -0.05) is 104 Å². The number of hydrogen-bond acceptors (Lipinski definition) is 10. The fraction of sp³-hybridized carbons (Fsp3) is 0.314. The summed E-state index contributed by atoms with van der Waals surface area (Å²) in [6.07, 6.45) is 2.48. The molecule has 0 bridgehead atoms. The van der Waals surface area contributed by atoms with Crippen molar-refractivity contribution in [3.05, 3.63) is 155 Å². The van der Waals surface area contributed by atoms with Crippen LogP contribution in [0.4, 0.5) is 10.9 Å². The van der Waals surface area contributed by atoms with Crippen LogP contribution in [0.5, 0.6) is 5.75 Å². The van der Waals surface area contributed by atoms with Crippen LogP contribution >= 0.6 is 11.3 Å². The van der Waals surface area contributed by atoms with Crippen molar-refractivity contribution in [3.63, 3.8) is 0 Å². The van der Waals surface area contributed by atoms with E-state index in [1.807, 2.05) is 136 Å². The zero-order valence-corrected chi connectivity index (χ0v) is 39.6. The number of amides is 1. The van der Waals surface area contributed by atoms with Gasteiger partial charge in [-0.2, -0.15) is 5.10 Å². The lowest BCUT2D eigenvalue weighted by Gasteiger charge is -2.32.